The molecule has 104 valence electrons. The number of benzene rings is 1. The van der Waals surface area contributed by atoms with Crippen LogP contribution < -0.4 is 0 Å². The third-order valence-corrected chi connectivity index (χ3v) is 4.55. The SMILES string of the molecule is OC(Cc1cn2ccsc2n1)c1ccc(F)c(F)c1Br. The number of aliphatic hydroxyl groups excluding tert-OH is 1. The normalized spacial score (nSPS) is 13.0. The topological polar surface area (TPSA) is 37.5 Å². The lowest BCUT2D eigenvalue weighted by atomic mass is 10.1. The molecule has 3 aromatic rings. The first kappa shape index (κ1) is 13.7. The molecular weight excluding hydrogens is 350 g/mol. The van der Waals surface area contributed by atoms with Crippen molar-refractivity contribution in [2.75, 3.05) is 0 Å². The maximum atomic E-state index is 13.5. The number of hydrogen-bond acceptors (Lipinski definition) is 3. The van der Waals surface area contributed by atoms with E-state index in [1.54, 1.807) is 0 Å². The summed E-state index contributed by atoms with van der Waals surface area (Å²) in [5.41, 5.74) is 1.00. The van der Waals surface area contributed by atoms with E-state index in [0.29, 0.717) is 11.3 Å². The van der Waals surface area contributed by atoms with Crippen LogP contribution in [0.25, 0.3) is 4.96 Å². The number of hydrogen-bond donors (Lipinski definition) is 1. The minimum atomic E-state index is -0.993. The van der Waals surface area contributed by atoms with Gasteiger partial charge in [-0.1, -0.05) is 6.07 Å². The third-order valence-electron chi connectivity index (χ3n) is 2.97. The maximum Gasteiger partial charge on any atom is 0.193 e. The van der Waals surface area contributed by atoms with E-state index in [0.717, 1.165) is 11.0 Å². The van der Waals surface area contributed by atoms with Gasteiger partial charge in [0.15, 0.2) is 16.6 Å². The predicted molar refractivity (Wildman–Crippen MR) is 75.8 cm³/mol. The summed E-state index contributed by atoms with van der Waals surface area (Å²) >= 11 is 4.46. The number of aliphatic hydroxyl groups is 1. The first-order valence-corrected chi connectivity index (χ1v) is 7.46. The van der Waals surface area contributed by atoms with Gasteiger partial charge in [-0.15, -0.1) is 11.3 Å². The van der Waals surface area contributed by atoms with Crippen LogP contribution in [0.1, 0.15) is 17.4 Å². The number of nitrogens with zero attached hydrogens (tertiary/aromatic N) is 2. The average molecular weight is 359 g/mol. The number of imidazole rings is 1. The van der Waals surface area contributed by atoms with E-state index < -0.39 is 17.7 Å². The molecule has 2 aromatic heterocycles. The van der Waals surface area contributed by atoms with Crippen LogP contribution in [0.2, 0.25) is 0 Å². The number of halogens is 3. The second kappa shape index (κ2) is 5.23. The molecule has 1 N–H and O–H groups in total. The highest BCUT2D eigenvalue weighted by atomic mass is 79.9. The smallest absolute Gasteiger partial charge is 0.193 e. The van der Waals surface area contributed by atoms with Gasteiger partial charge in [0, 0.05) is 24.2 Å². The van der Waals surface area contributed by atoms with Gasteiger partial charge in [0.1, 0.15) is 0 Å². The lowest BCUT2D eigenvalue weighted by molar-refractivity contribution is 0.176. The fraction of sp³-hybridized carbons (Fsp3) is 0.154. The number of thiazole rings is 1. The van der Waals surface area contributed by atoms with Gasteiger partial charge < -0.3 is 5.11 Å². The molecule has 0 bridgehead atoms. The van der Waals surface area contributed by atoms with E-state index in [9.17, 15) is 13.9 Å². The Labute approximate surface area is 125 Å². The molecule has 0 aliphatic rings. The molecule has 0 radical (unpaired) electrons. The molecule has 0 aliphatic heterocycles. The van der Waals surface area contributed by atoms with Gasteiger partial charge in [-0.2, -0.15) is 0 Å². The Bertz CT molecular complexity index is 742. The van der Waals surface area contributed by atoms with Crippen molar-refractivity contribution in [2.24, 2.45) is 0 Å². The fourth-order valence-corrected chi connectivity index (χ4v) is 3.29. The molecule has 0 amide bonds. The zero-order valence-corrected chi connectivity index (χ0v) is 12.5. The van der Waals surface area contributed by atoms with Gasteiger partial charge in [-0.25, -0.2) is 13.8 Å². The second-order valence-electron chi connectivity index (χ2n) is 4.31. The minimum Gasteiger partial charge on any atom is -0.388 e. The standard InChI is InChI=1S/C13H9BrF2N2OS/c14-11-8(1-2-9(15)12(11)16)10(19)5-7-6-18-3-4-20-13(18)17-7/h1-4,6,10,19H,5H2. The van der Waals surface area contributed by atoms with Crippen LogP contribution in [0.5, 0.6) is 0 Å². The van der Waals surface area contributed by atoms with E-state index in [1.165, 1.54) is 17.4 Å². The average Bonchev–Trinajstić information content (AvgIpc) is 2.96. The lowest BCUT2D eigenvalue weighted by Crippen LogP contribution is -2.05. The summed E-state index contributed by atoms with van der Waals surface area (Å²) in [5, 5.41) is 12.1. The van der Waals surface area contributed by atoms with Crippen molar-refractivity contribution in [3.05, 3.63) is 57.3 Å². The monoisotopic (exact) mass is 358 g/mol. The summed E-state index contributed by atoms with van der Waals surface area (Å²) in [6, 6.07) is 2.37. The molecule has 0 spiro atoms. The van der Waals surface area contributed by atoms with Crippen LogP contribution in [0.4, 0.5) is 8.78 Å². The van der Waals surface area contributed by atoms with Crippen molar-refractivity contribution in [3.8, 4) is 0 Å². The predicted octanol–water partition coefficient (Wildman–Crippen LogP) is 3.71. The van der Waals surface area contributed by atoms with Crippen molar-refractivity contribution in [1.29, 1.82) is 0 Å². The number of fused-ring (bicyclic) bond motifs is 1. The van der Waals surface area contributed by atoms with Crippen LogP contribution >= 0.6 is 27.3 Å². The Morgan fingerprint density at radius 3 is 2.95 bits per heavy atom. The molecular formula is C13H9BrF2N2OS. The first-order valence-electron chi connectivity index (χ1n) is 5.79. The summed E-state index contributed by atoms with van der Waals surface area (Å²) in [5.74, 6) is -1.94. The Kier molecular flexibility index (Phi) is 3.57. The minimum absolute atomic E-state index is 0.0500. The molecule has 3 nitrogen and oxygen atoms in total. The zero-order chi connectivity index (χ0) is 14.3. The molecule has 2 heterocycles. The maximum absolute atomic E-state index is 13.5. The summed E-state index contributed by atoms with van der Waals surface area (Å²) < 4.78 is 28.3. The van der Waals surface area contributed by atoms with E-state index in [4.69, 9.17) is 0 Å². The van der Waals surface area contributed by atoms with Crippen molar-refractivity contribution in [1.82, 2.24) is 9.38 Å². The van der Waals surface area contributed by atoms with Gasteiger partial charge in [0.2, 0.25) is 0 Å². The quantitative estimate of drug-likeness (QED) is 0.724. The molecule has 0 fully saturated rings. The Hall–Kier alpha value is -1.31. The van der Waals surface area contributed by atoms with Crippen molar-refractivity contribution < 1.29 is 13.9 Å². The van der Waals surface area contributed by atoms with Gasteiger partial charge in [-0.3, -0.25) is 4.40 Å². The summed E-state index contributed by atoms with van der Waals surface area (Å²) in [6.07, 6.45) is 2.96. The van der Waals surface area contributed by atoms with E-state index in [-0.39, 0.29) is 10.9 Å². The molecule has 1 unspecified atom stereocenters. The van der Waals surface area contributed by atoms with Crippen LogP contribution in [-0.2, 0) is 6.42 Å². The van der Waals surface area contributed by atoms with Gasteiger partial charge in [0.05, 0.1) is 16.3 Å². The van der Waals surface area contributed by atoms with Crippen LogP contribution in [-0.4, -0.2) is 14.5 Å². The molecule has 20 heavy (non-hydrogen) atoms. The Morgan fingerprint density at radius 2 is 2.20 bits per heavy atom. The van der Waals surface area contributed by atoms with Crippen molar-refractivity contribution >= 4 is 32.2 Å². The van der Waals surface area contributed by atoms with Crippen molar-refractivity contribution in [3.63, 3.8) is 0 Å². The fourth-order valence-electron chi connectivity index (χ4n) is 1.98. The zero-order valence-electron chi connectivity index (χ0n) is 10.1. The summed E-state index contributed by atoms with van der Waals surface area (Å²) in [6.45, 7) is 0. The highest BCUT2D eigenvalue weighted by Gasteiger charge is 2.18. The molecule has 1 atom stereocenters. The Balaban J connectivity index is 1.87. The van der Waals surface area contributed by atoms with Crippen molar-refractivity contribution in [2.45, 2.75) is 12.5 Å². The lowest BCUT2D eigenvalue weighted by Gasteiger charge is -2.12. The molecule has 0 saturated heterocycles. The summed E-state index contributed by atoms with van der Waals surface area (Å²) in [7, 11) is 0. The molecule has 7 heteroatoms. The number of aromatic nitrogens is 2. The third kappa shape index (κ3) is 2.36. The van der Waals surface area contributed by atoms with Gasteiger partial charge >= 0.3 is 0 Å². The highest BCUT2D eigenvalue weighted by molar-refractivity contribution is 9.10. The Morgan fingerprint density at radius 1 is 1.40 bits per heavy atom. The highest BCUT2D eigenvalue weighted by Crippen LogP contribution is 2.29. The van der Waals surface area contributed by atoms with E-state index >= 15 is 0 Å². The summed E-state index contributed by atoms with van der Waals surface area (Å²) in [4.78, 5) is 5.18. The van der Waals surface area contributed by atoms with Gasteiger partial charge in [-0.05, 0) is 27.6 Å². The first-order chi connectivity index (χ1) is 9.56. The van der Waals surface area contributed by atoms with Gasteiger partial charge in [0.25, 0.3) is 0 Å². The van der Waals surface area contributed by atoms with E-state index in [1.807, 2.05) is 22.2 Å². The van der Waals surface area contributed by atoms with Crippen LogP contribution in [0.15, 0.2) is 34.4 Å². The largest absolute Gasteiger partial charge is 0.388 e. The molecule has 0 saturated carbocycles. The number of rotatable bonds is 3. The molecule has 0 aliphatic carbocycles. The molecule has 3 rings (SSSR count). The second-order valence-corrected chi connectivity index (χ2v) is 5.98. The van der Waals surface area contributed by atoms with Crippen LogP contribution in [0.3, 0.4) is 0 Å². The van der Waals surface area contributed by atoms with Crippen LogP contribution in [0, 0.1) is 11.6 Å². The van der Waals surface area contributed by atoms with E-state index in [2.05, 4.69) is 20.9 Å². The molecule has 1 aromatic carbocycles.